The normalized spacial score (nSPS) is 18.5. The zero-order valence-electron chi connectivity index (χ0n) is 15.5. The van der Waals surface area contributed by atoms with Gasteiger partial charge < -0.3 is 19.9 Å². The lowest BCUT2D eigenvalue weighted by Gasteiger charge is -2.17. The van der Waals surface area contributed by atoms with Crippen LogP contribution in [-0.2, 0) is 9.59 Å². The minimum Gasteiger partial charge on any atom is -0.504 e. The SMILES string of the molecule is COc1cc(/C=C2/NC(=O)N(/C=C3/C(=O)Oc4ccccc4C3=O)C2=O)ccc1O. The number of methoxy groups -OCH3 is 1. The first-order valence-corrected chi connectivity index (χ1v) is 8.70. The summed E-state index contributed by atoms with van der Waals surface area (Å²) in [4.78, 5) is 50.4. The summed E-state index contributed by atoms with van der Waals surface area (Å²) < 4.78 is 10.1. The lowest BCUT2D eigenvalue weighted by atomic mass is 10.0. The summed E-state index contributed by atoms with van der Waals surface area (Å²) in [7, 11) is 1.38. The molecule has 2 heterocycles. The molecule has 4 rings (SSSR count). The van der Waals surface area contributed by atoms with Crippen LogP contribution in [0.25, 0.3) is 6.08 Å². The number of imide groups is 1. The molecule has 2 aliphatic rings. The minimum absolute atomic E-state index is 0.0811. The zero-order valence-corrected chi connectivity index (χ0v) is 15.5. The number of esters is 1. The van der Waals surface area contributed by atoms with E-state index in [4.69, 9.17) is 9.47 Å². The van der Waals surface area contributed by atoms with Gasteiger partial charge in [-0.3, -0.25) is 9.59 Å². The average molecular weight is 406 g/mol. The van der Waals surface area contributed by atoms with Crippen molar-refractivity contribution in [1.29, 1.82) is 0 Å². The van der Waals surface area contributed by atoms with Crippen molar-refractivity contribution in [3.05, 3.63) is 71.1 Å². The van der Waals surface area contributed by atoms with Crippen molar-refractivity contribution in [2.75, 3.05) is 7.11 Å². The Morgan fingerprint density at radius 2 is 1.87 bits per heavy atom. The zero-order chi connectivity index (χ0) is 21.4. The predicted octanol–water partition coefficient (Wildman–Crippen LogP) is 1.98. The monoisotopic (exact) mass is 406 g/mol. The lowest BCUT2D eigenvalue weighted by molar-refractivity contribution is -0.130. The van der Waals surface area contributed by atoms with E-state index in [1.54, 1.807) is 12.1 Å². The largest absolute Gasteiger partial charge is 0.504 e. The summed E-state index contributed by atoms with van der Waals surface area (Å²) in [5.41, 5.74) is 0.110. The van der Waals surface area contributed by atoms with Crippen molar-refractivity contribution >= 4 is 29.8 Å². The molecular weight excluding hydrogens is 392 g/mol. The van der Waals surface area contributed by atoms with Crippen LogP contribution in [0.1, 0.15) is 15.9 Å². The van der Waals surface area contributed by atoms with Gasteiger partial charge in [-0.1, -0.05) is 18.2 Å². The number of nitrogens with zero attached hydrogens (tertiary/aromatic N) is 1. The van der Waals surface area contributed by atoms with Gasteiger partial charge in [0.2, 0.25) is 5.78 Å². The Hall–Kier alpha value is -4.40. The first kappa shape index (κ1) is 18.9. The van der Waals surface area contributed by atoms with Crippen molar-refractivity contribution in [3.63, 3.8) is 0 Å². The highest BCUT2D eigenvalue weighted by molar-refractivity contribution is 6.28. The van der Waals surface area contributed by atoms with E-state index in [9.17, 15) is 24.3 Å². The lowest BCUT2D eigenvalue weighted by Crippen LogP contribution is -2.31. The molecule has 2 aliphatic heterocycles. The Morgan fingerprint density at radius 1 is 1.10 bits per heavy atom. The summed E-state index contributed by atoms with van der Waals surface area (Å²) in [6.45, 7) is 0. The highest BCUT2D eigenvalue weighted by atomic mass is 16.5. The van der Waals surface area contributed by atoms with Crippen LogP contribution in [0.5, 0.6) is 17.2 Å². The minimum atomic E-state index is -0.958. The molecule has 150 valence electrons. The van der Waals surface area contributed by atoms with E-state index in [0.717, 1.165) is 6.20 Å². The molecule has 0 bridgehead atoms. The Morgan fingerprint density at radius 3 is 2.63 bits per heavy atom. The van der Waals surface area contributed by atoms with Gasteiger partial charge in [-0.2, -0.15) is 0 Å². The number of ether oxygens (including phenoxy) is 2. The number of hydrogen-bond acceptors (Lipinski definition) is 7. The number of nitrogens with one attached hydrogen (secondary N) is 1. The summed E-state index contributed by atoms with van der Waals surface area (Å²) in [6, 6.07) is 9.71. The van der Waals surface area contributed by atoms with Gasteiger partial charge in [-0.15, -0.1) is 0 Å². The van der Waals surface area contributed by atoms with E-state index in [2.05, 4.69) is 5.32 Å². The van der Waals surface area contributed by atoms with Gasteiger partial charge in [0, 0.05) is 6.20 Å². The number of ketones is 1. The van der Waals surface area contributed by atoms with Crippen LogP contribution < -0.4 is 14.8 Å². The van der Waals surface area contributed by atoms with E-state index >= 15 is 0 Å². The number of carbonyl (C=O) groups excluding carboxylic acids is 4. The molecule has 2 aromatic carbocycles. The van der Waals surface area contributed by atoms with Crippen molar-refractivity contribution in [1.82, 2.24) is 10.2 Å². The van der Waals surface area contributed by atoms with Crippen LogP contribution in [-0.4, -0.2) is 40.8 Å². The second-order valence-corrected chi connectivity index (χ2v) is 6.35. The van der Waals surface area contributed by atoms with Crippen LogP contribution in [0.3, 0.4) is 0 Å². The van der Waals surface area contributed by atoms with E-state index in [1.165, 1.54) is 43.5 Å². The fourth-order valence-corrected chi connectivity index (χ4v) is 2.99. The smallest absolute Gasteiger partial charge is 0.349 e. The van der Waals surface area contributed by atoms with Crippen molar-refractivity contribution in [2.24, 2.45) is 0 Å². The molecule has 1 saturated heterocycles. The number of para-hydroxylation sites is 1. The maximum atomic E-state index is 12.7. The number of amides is 3. The van der Waals surface area contributed by atoms with Gasteiger partial charge in [0.15, 0.2) is 11.5 Å². The Balaban J connectivity index is 1.65. The quantitative estimate of drug-likeness (QED) is 0.263. The molecule has 0 atom stereocenters. The number of benzene rings is 2. The number of fused-ring (bicyclic) bond motifs is 1. The molecule has 0 radical (unpaired) electrons. The van der Waals surface area contributed by atoms with Crippen LogP contribution in [0, 0.1) is 0 Å². The van der Waals surface area contributed by atoms with Crippen LogP contribution in [0.4, 0.5) is 4.79 Å². The maximum Gasteiger partial charge on any atom is 0.349 e. The molecule has 0 spiro atoms. The van der Waals surface area contributed by atoms with E-state index < -0.39 is 29.3 Å². The van der Waals surface area contributed by atoms with Gasteiger partial charge in [0.25, 0.3) is 5.91 Å². The van der Waals surface area contributed by atoms with Crippen LogP contribution >= 0.6 is 0 Å². The summed E-state index contributed by atoms with van der Waals surface area (Å²) >= 11 is 0. The Bertz CT molecular complexity index is 1180. The van der Waals surface area contributed by atoms with Crippen molar-refractivity contribution in [3.8, 4) is 17.2 Å². The number of Topliss-reactive ketones (excluding diaryl/α,β-unsaturated/α-hetero) is 1. The Kier molecular flexibility index (Phi) is 4.55. The topological polar surface area (TPSA) is 122 Å². The molecular formula is C21H14N2O7. The summed E-state index contributed by atoms with van der Waals surface area (Å²) in [5.74, 6) is -2.15. The molecule has 0 unspecified atom stereocenters. The molecule has 2 N–H and O–H groups in total. The van der Waals surface area contributed by atoms with Crippen molar-refractivity contribution < 1.29 is 33.8 Å². The molecule has 9 heteroatoms. The number of phenols is 1. The maximum absolute atomic E-state index is 12.7. The molecule has 30 heavy (non-hydrogen) atoms. The highest BCUT2D eigenvalue weighted by Crippen LogP contribution is 2.29. The second kappa shape index (κ2) is 7.21. The first-order chi connectivity index (χ1) is 14.4. The molecule has 0 saturated carbocycles. The van der Waals surface area contributed by atoms with Gasteiger partial charge in [0.05, 0.1) is 12.7 Å². The number of phenolic OH excluding ortho intramolecular Hbond substituents is 1. The standard InChI is InChI=1S/C21H14N2O7/c1-29-17-9-11(6-7-15(17)24)8-14-19(26)23(21(28)22-14)10-13-18(25)12-4-2-3-5-16(12)30-20(13)27/h2-10,24H,1H3,(H,22,28)/b13-10+,14-8+. The van der Waals surface area contributed by atoms with E-state index in [1.807, 2.05) is 0 Å². The number of hydrogen-bond donors (Lipinski definition) is 2. The average Bonchev–Trinajstić information content (AvgIpc) is 2.99. The molecule has 1 fully saturated rings. The fourth-order valence-electron chi connectivity index (χ4n) is 2.99. The van der Waals surface area contributed by atoms with E-state index in [-0.39, 0.29) is 28.5 Å². The predicted molar refractivity (Wildman–Crippen MR) is 103 cm³/mol. The van der Waals surface area contributed by atoms with Crippen LogP contribution in [0.15, 0.2) is 59.9 Å². The van der Waals surface area contributed by atoms with Gasteiger partial charge >= 0.3 is 12.0 Å². The molecule has 3 amide bonds. The number of carbonyl (C=O) groups is 4. The summed E-state index contributed by atoms with van der Waals surface area (Å²) in [6.07, 6.45) is 2.24. The third-order valence-corrected chi connectivity index (χ3v) is 4.48. The molecule has 2 aromatic rings. The van der Waals surface area contributed by atoms with Crippen molar-refractivity contribution in [2.45, 2.75) is 0 Å². The third-order valence-electron chi connectivity index (χ3n) is 4.48. The summed E-state index contributed by atoms with van der Waals surface area (Å²) in [5, 5.41) is 12.0. The molecule has 0 aliphatic carbocycles. The third kappa shape index (κ3) is 3.18. The second-order valence-electron chi connectivity index (χ2n) is 6.35. The van der Waals surface area contributed by atoms with Gasteiger partial charge in [-0.25, -0.2) is 14.5 Å². The first-order valence-electron chi connectivity index (χ1n) is 8.70. The molecule has 0 aromatic heterocycles. The Labute approximate surface area is 169 Å². The number of aromatic hydroxyl groups is 1. The van der Waals surface area contributed by atoms with Gasteiger partial charge in [0.1, 0.15) is 17.0 Å². The molecule has 9 nitrogen and oxygen atoms in total. The highest BCUT2D eigenvalue weighted by Gasteiger charge is 2.37. The number of urea groups is 1. The number of rotatable bonds is 3. The van der Waals surface area contributed by atoms with E-state index in [0.29, 0.717) is 10.5 Å². The van der Waals surface area contributed by atoms with Crippen LogP contribution in [0.2, 0.25) is 0 Å². The van der Waals surface area contributed by atoms with Gasteiger partial charge in [-0.05, 0) is 35.9 Å². The fraction of sp³-hybridized carbons (Fsp3) is 0.0476.